The fourth-order valence-electron chi connectivity index (χ4n) is 0.937. The minimum atomic E-state index is -0.247. The van der Waals surface area contributed by atoms with Crippen molar-refractivity contribution in [3.63, 3.8) is 0 Å². The van der Waals surface area contributed by atoms with Crippen molar-refractivity contribution in [1.82, 2.24) is 0 Å². The fraction of sp³-hybridized carbons (Fsp3) is 0. The molecule has 11 heavy (non-hydrogen) atoms. The van der Waals surface area contributed by atoms with E-state index in [1.165, 1.54) is 0 Å². The van der Waals surface area contributed by atoms with E-state index >= 15 is 0 Å². The SMILES string of the molecule is [O-]c1cccc2c1N=IC=C2. The minimum absolute atomic E-state index is 0.0477. The summed E-state index contributed by atoms with van der Waals surface area (Å²) in [4.78, 5) is 0. The topological polar surface area (TPSA) is 35.4 Å². The van der Waals surface area contributed by atoms with E-state index in [-0.39, 0.29) is 26.8 Å². The van der Waals surface area contributed by atoms with Crippen LogP contribution in [-0.2, 0) is 0 Å². The van der Waals surface area contributed by atoms with Gasteiger partial charge in [-0.15, -0.1) is 0 Å². The van der Waals surface area contributed by atoms with E-state index in [0.29, 0.717) is 5.69 Å². The first-order valence-corrected chi connectivity index (χ1v) is 5.39. The molecule has 0 amide bonds. The Morgan fingerprint density at radius 2 is 2.27 bits per heavy atom. The summed E-state index contributed by atoms with van der Waals surface area (Å²) in [5.74, 6) is 0.0477. The Morgan fingerprint density at radius 3 is 3.09 bits per heavy atom. The van der Waals surface area contributed by atoms with Crippen molar-refractivity contribution in [2.75, 3.05) is 0 Å². The van der Waals surface area contributed by atoms with Gasteiger partial charge < -0.3 is 5.11 Å². The van der Waals surface area contributed by atoms with Crippen LogP contribution in [0.15, 0.2) is 25.4 Å². The third kappa shape index (κ3) is 1.20. The van der Waals surface area contributed by atoms with Crippen LogP contribution in [0.25, 0.3) is 6.08 Å². The highest BCUT2D eigenvalue weighted by molar-refractivity contribution is 14.2. The summed E-state index contributed by atoms with van der Waals surface area (Å²) < 4.78 is 6.26. The van der Waals surface area contributed by atoms with Gasteiger partial charge in [0.2, 0.25) is 0 Å². The van der Waals surface area contributed by atoms with Crippen molar-refractivity contribution in [2.45, 2.75) is 0 Å². The van der Waals surface area contributed by atoms with Crippen molar-refractivity contribution < 1.29 is 5.11 Å². The molecule has 0 bridgehead atoms. The van der Waals surface area contributed by atoms with E-state index in [1.54, 1.807) is 12.1 Å². The maximum Gasteiger partial charge on any atom is 0.0685 e. The average Bonchev–Trinajstić information content (AvgIpc) is 2.06. The van der Waals surface area contributed by atoms with E-state index in [9.17, 15) is 5.11 Å². The second-order valence-electron chi connectivity index (χ2n) is 2.17. The lowest BCUT2D eigenvalue weighted by Crippen LogP contribution is -1.90. The van der Waals surface area contributed by atoms with Gasteiger partial charge in [-0.1, -0.05) is 23.9 Å². The first kappa shape index (κ1) is 6.97. The summed E-state index contributed by atoms with van der Waals surface area (Å²) in [6, 6.07) is 5.25. The standard InChI is InChI=1S/C8H6INO/c11-7-3-1-2-6-4-5-9-10-8(6)7/h1-5,11H/p-1. The van der Waals surface area contributed by atoms with Crippen LogP contribution >= 0.6 is 21.0 Å². The van der Waals surface area contributed by atoms with E-state index in [2.05, 4.69) is 7.23 Å². The molecule has 1 aromatic rings. The highest BCUT2D eigenvalue weighted by atomic mass is 127. The molecule has 1 aliphatic rings. The number of fused-ring (bicyclic) bond motifs is 1. The predicted octanol–water partition coefficient (Wildman–Crippen LogP) is 2.53. The van der Waals surface area contributed by atoms with E-state index in [1.807, 2.05) is 12.1 Å². The predicted molar refractivity (Wildman–Crippen MR) is 51.0 cm³/mol. The number of benzene rings is 1. The second kappa shape index (κ2) is 2.73. The Labute approximate surface area is 74.7 Å². The van der Waals surface area contributed by atoms with E-state index in [0.717, 1.165) is 5.56 Å². The summed E-state index contributed by atoms with van der Waals surface area (Å²) in [5.41, 5.74) is 1.62. The number of hydrogen-bond donors (Lipinski definition) is 0. The van der Waals surface area contributed by atoms with E-state index in [4.69, 9.17) is 0 Å². The highest BCUT2D eigenvalue weighted by Gasteiger charge is 1.99. The zero-order chi connectivity index (χ0) is 7.68. The quantitative estimate of drug-likeness (QED) is 0.658. The molecule has 0 atom stereocenters. The lowest BCUT2D eigenvalue weighted by Gasteiger charge is -2.12. The van der Waals surface area contributed by atoms with Crippen LogP contribution in [0.4, 0.5) is 5.69 Å². The number of hydrogen-bond acceptors (Lipinski definition) is 2. The Balaban J connectivity index is 2.70. The van der Waals surface area contributed by atoms with Crippen LogP contribution in [-0.4, -0.2) is 0 Å². The molecule has 1 aliphatic heterocycles. The average molecular weight is 258 g/mol. The molecule has 0 aromatic heterocycles. The van der Waals surface area contributed by atoms with Crippen molar-refractivity contribution in [2.24, 2.45) is 3.15 Å². The molecule has 0 N–H and O–H groups in total. The Morgan fingerprint density at radius 1 is 1.36 bits per heavy atom. The lowest BCUT2D eigenvalue weighted by atomic mass is 10.2. The van der Waals surface area contributed by atoms with Crippen molar-refractivity contribution in [3.05, 3.63) is 27.8 Å². The van der Waals surface area contributed by atoms with Crippen molar-refractivity contribution in [3.8, 4) is 5.75 Å². The molecule has 2 rings (SSSR count). The highest BCUT2D eigenvalue weighted by Crippen LogP contribution is 2.35. The van der Waals surface area contributed by atoms with Gasteiger partial charge in [0.25, 0.3) is 0 Å². The van der Waals surface area contributed by atoms with Gasteiger partial charge in [-0.05, 0) is 10.2 Å². The van der Waals surface area contributed by atoms with Crippen LogP contribution in [0.5, 0.6) is 5.75 Å². The molecule has 0 radical (unpaired) electrons. The van der Waals surface area contributed by atoms with Gasteiger partial charge in [0.15, 0.2) is 0 Å². The molecule has 0 aliphatic carbocycles. The molecule has 0 fully saturated rings. The Bertz CT molecular complexity index is 344. The van der Waals surface area contributed by atoms with Gasteiger partial charge in [0, 0.05) is 26.6 Å². The molecule has 0 spiro atoms. The van der Waals surface area contributed by atoms with Crippen LogP contribution < -0.4 is 5.11 Å². The zero-order valence-electron chi connectivity index (χ0n) is 5.62. The molecule has 2 nitrogen and oxygen atoms in total. The van der Waals surface area contributed by atoms with Gasteiger partial charge in [0.05, 0.1) is 5.69 Å². The number of halogens is 1. The molecule has 0 saturated heterocycles. The molecule has 0 saturated carbocycles. The minimum Gasteiger partial charge on any atom is -0.871 e. The molecule has 1 aromatic carbocycles. The van der Waals surface area contributed by atoms with Gasteiger partial charge in [0.1, 0.15) is 0 Å². The molecule has 56 valence electrons. The maximum atomic E-state index is 11.2. The molecule has 3 heteroatoms. The Kier molecular flexibility index (Phi) is 1.73. The van der Waals surface area contributed by atoms with Gasteiger partial charge in [-0.25, -0.2) is 3.15 Å². The van der Waals surface area contributed by atoms with Crippen molar-refractivity contribution in [1.29, 1.82) is 0 Å². The summed E-state index contributed by atoms with van der Waals surface area (Å²) >= 11 is -0.247. The third-order valence-electron chi connectivity index (χ3n) is 1.46. The molecular formula is C8H5INO-. The van der Waals surface area contributed by atoms with Crippen LogP contribution in [0.1, 0.15) is 5.56 Å². The summed E-state index contributed by atoms with van der Waals surface area (Å²) in [6.45, 7) is 0. The number of nitrogens with zero attached hydrogens (tertiary/aromatic N) is 1. The van der Waals surface area contributed by atoms with Crippen LogP contribution in [0.2, 0.25) is 0 Å². The fourth-order valence-corrected chi connectivity index (χ4v) is 2.44. The Hall–Kier alpha value is -0.710. The van der Waals surface area contributed by atoms with Crippen LogP contribution in [0, 0.1) is 0 Å². The number of rotatable bonds is 0. The monoisotopic (exact) mass is 258 g/mol. The molecule has 1 heterocycles. The van der Waals surface area contributed by atoms with E-state index < -0.39 is 0 Å². The van der Waals surface area contributed by atoms with Crippen LogP contribution in [0.3, 0.4) is 0 Å². The van der Waals surface area contributed by atoms with Gasteiger partial charge >= 0.3 is 0 Å². The summed E-state index contributed by atoms with van der Waals surface area (Å²) in [7, 11) is 0. The normalized spacial score (nSPS) is 13.8. The summed E-state index contributed by atoms with van der Waals surface area (Å²) in [5, 5.41) is 11.2. The smallest absolute Gasteiger partial charge is 0.0685 e. The molecular weight excluding hydrogens is 253 g/mol. The van der Waals surface area contributed by atoms with Crippen molar-refractivity contribution >= 4 is 32.8 Å². The molecule has 0 unspecified atom stereocenters. The second-order valence-corrected chi connectivity index (χ2v) is 3.93. The first-order chi connectivity index (χ1) is 5.38. The first-order valence-electron chi connectivity index (χ1n) is 3.18. The lowest BCUT2D eigenvalue weighted by molar-refractivity contribution is -0.267. The van der Waals surface area contributed by atoms with Gasteiger partial charge in [-0.3, -0.25) is 0 Å². The summed E-state index contributed by atoms with van der Waals surface area (Å²) in [6.07, 6.45) is 1.98. The third-order valence-corrected chi connectivity index (χ3v) is 2.90. The maximum absolute atomic E-state index is 11.2. The largest absolute Gasteiger partial charge is 0.871 e. The van der Waals surface area contributed by atoms with Gasteiger partial charge in [-0.2, -0.15) is 0 Å². The zero-order valence-corrected chi connectivity index (χ0v) is 7.78.